The van der Waals surface area contributed by atoms with Crippen LogP contribution in [-0.4, -0.2) is 45.2 Å². The van der Waals surface area contributed by atoms with E-state index in [0.29, 0.717) is 0 Å². The van der Waals surface area contributed by atoms with Crippen molar-refractivity contribution >= 4 is 27.6 Å². The molecule has 0 fully saturated rings. The monoisotopic (exact) mass is 371 g/mol. The fraction of sp³-hybridized carbons (Fsp3) is 0.438. The number of Topliss-reactive ketones (excluding diaryl/α,β-unsaturated/α-hetero) is 1. The molecule has 138 valence electrons. The number of carbonyl (C=O) groups is 2. The largest absolute Gasteiger partial charge is 0.455 e. The molecule has 0 saturated heterocycles. The van der Waals surface area contributed by atoms with Crippen molar-refractivity contribution in [2.45, 2.75) is 38.2 Å². The third-order valence-corrected chi connectivity index (χ3v) is 3.97. The highest BCUT2D eigenvalue weighted by Gasteiger charge is 2.29. The Kier molecular flexibility index (Phi) is 6.83. The second-order valence-electron chi connectivity index (χ2n) is 6.08. The Hall–Kier alpha value is -2.26. The van der Waals surface area contributed by atoms with Crippen LogP contribution in [0.5, 0.6) is 0 Å². The van der Waals surface area contributed by atoms with Crippen molar-refractivity contribution in [1.29, 1.82) is 0 Å². The standard InChI is InChI=1S/C16H21NO7S/c1-11-6-8-12(9-7-11)25(20,21)23-10-13(18)14(17-22-5)15(19)24-16(2,3)4/h6-9H,10H2,1-5H3/b17-14-. The third kappa shape index (κ3) is 6.63. The molecule has 0 unspecified atom stereocenters. The number of benzene rings is 1. The highest BCUT2D eigenvalue weighted by molar-refractivity contribution is 7.86. The van der Waals surface area contributed by atoms with Crippen molar-refractivity contribution in [3.8, 4) is 0 Å². The van der Waals surface area contributed by atoms with Gasteiger partial charge in [-0.2, -0.15) is 8.42 Å². The summed E-state index contributed by atoms with van der Waals surface area (Å²) in [6.45, 7) is 5.72. The van der Waals surface area contributed by atoms with Gasteiger partial charge in [-0.1, -0.05) is 22.9 Å². The summed E-state index contributed by atoms with van der Waals surface area (Å²) < 4.78 is 33.9. The van der Waals surface area contributed by atoms with Crippen molar-refractivity contribution in [3.63, 3.8) is 0 Å². The summed E-state index contributed by atoms with van der Waals surface area (Å²) in [5, 5.41) is 3.31. The van der Waals surface area contributed by atoms with Crippen LogP contribution >= 0.6 is 0 Å². The quantitative estimate of drug-likeness (QED) is 0.235. The minimum Gasteiger partial charge on any atom is -0.455 e. The minimum atomic E-state index is -4.15. The molecule has 8 nitrogen and oxygen atoms in total. The predicted octanol–water partition coefficient (Wildman–Crippen LogP) is 1.61. The maximum atomic E-state index is 12.1. The van der Waals surface area contributed by atoms with Crippen LogP contribution < -0.4 is 0 Å². The van der Waals surface area contributed by atoms with E-state index >= 15 is 0 Å². The van der Waals surface area contributed by atoms with Gasteiger partial charge < -0.3 is 9.57 Å². The normalized spacial score (nSPS) is 12.6. The molecule has 0 aliphatic heterocycles. The van der Waals surface area contributed by atoms with Crippen molar-refractivity contribution in [1.82, 2.24) is 0 Å². The molecule has 0 bridgehead atoms. The van der Waals surface area contributed by atoms with Crippen LogP contribution in [0.3, 0.4) is 0 Å². The van der Waals surface area contributed by atoms with E-state index in [1.165, 1.54) is 12.1 Å². The van der Waals surface area contributed by atoms with E-state index in [2.05, 4.69) is 9.99 Å². The zero-order valence-corrected chi connectivity index (χ0v) is 15.5. The van der Waals surface area contributed by atoms with Gasteiger partial charge in [0.15, 0.2) is 0 Å². The molecule has 1 aromatic carbocycles. The van der Waals surface area contributed by atoms with Gasteiger partial charge in [0.25, 0.3) is 10.1 Å². The zero-order chi connectivity index (χ0) is 19.3. The average Bonchev–Trinajstić information content (AvgIpc) is 2.49. The first-order valence-electron chi connectivity index (χ1n) is 7.30. The van der Waals surface area contributed by atoms with E-state index in [1.807, 2.05) is 0 Å². The molecular formula is C16H21NO7S. The van der Waals surface area contributed by atoms with E-state index in [0.717, 1.165) is 12.7 Å². The first-order valence-corrected chi connectivity index (χ1v) is 8.71. The highest BCUT2D eigenvalue weighted by atomic mass is 32.2. The van der Waals surface area contributed by atoms with Gasteiger partial charge in [0.1, 0.15) is 19.3 Å². The van der Waals surface area contributed by atoms with Crippen LogP contribution in [0.25, 0.3) is 0 Å². The molecular weight excluding hydrogens is 350 g/mol. The molecule has 0 N–H and O–H groups in total. The molecule has 25 heavy (non-hydrogen) atoms. The van der Waals surface area contributed by atoms with Crippen molar-refractivity contribution in [2.75, 3.05) is 13.7 Å². The number of carbonyl (C=O) groups excluding carboxylic acids is 2. The Morgan fingerprint density at radius 1 is 1.12 bits per heavy atom. The van der Waals surface area contributed by atoms with Gasteiger partial charge in [-0.15, -0.1) is 0 Å². The Balaban J connectivity index is 2.86. The minimum absolute atomic E-state index is 0.103. The van der Waals surface area contributed by atoms with Crippen LogP contribution in [0.4, 0.5) is 0 Å². The molecule has 0 heterocycles. The van der Waals surface area contributed by atoms with Crippen LogP contribution in [-0.2, 0) is 33.5 Å². The Bertz CT molecular complexity index is 759. The molecule has 0 radical (unpaired) electrons. The second-order valence-corrected chi connectivity index (χ2v) is 7.69. The lowest BCUT2D eigenvalue weighted by molar-refractivity contribution is -0.146. The Labute approximate surface area is 146 Å². The maximum Gasteiger partial charge on any atom is 0.364 e. The number of nitrogens with zero attached hydrogens (tertiary/aromatic N) is 1. The fourth-order valence-corrected chi connectivity index (χ4v) is 2.46. The van der Waals surface area contributed by atoms with Crippen molar-refractivity contribution < 1.29 is 31.8 Å². The van der Waals surface area contributed by atoms with E-state index in [9.17, 15) is 18.0 Å². The number of rotatable bonds is 7. The molecule has 9 heteroatoms. The van der Waals surface area contributed by atoms with Gasteiger partial charge in [-0.3, -0.25) is 8.98 Å². The summed E-state index contributed by atoms with van der Waals surface area (Å²) in [6.07, 6.45) is 0. The molecule has 0 aliphatic carbocycles. The summed E-state index contributed by atoms with van der Waals surface area (Å²) in [7, 11) is -3.01. The molecule has 0 amide bonds. The molecule has 1 aromatic rings. The topological polar surface area (TPSA) is 108 Å². The number of aryl methyl sites for hydroxylation is 1. The molecule has 0 aliphatic rings. The SMILES string of the molecule is CO/N=C(/C(=O)COS(=O)(=O)c1ccc(C)cc1)C(=O)OC(C)(C)C. The maximum absolute atomic E-state index is 12.1. The number of hydrogen-bond donors (Lipinski definition) is 0. The van der Waals surface area contributed by atoms with Gasteiger partial charge in [0, 0.05) is 0 Å². The summed E-state index contributed by atoms with van der Waals surface area (Å²) in [5.41, 5.74) is -0.674. The number of esters is 1. The van der Waals surface area contributed by atoms with Gasteiger partial charge in [-0.05, 0) is 39.8 Å². The van der Waals surface area contributed by atoms with E-state index in [1.54, 1.807) is 39.8 Å². The Morgan fingerprint density at radius 2 is 1.68 bits per heavy atom. The van der Waals surface area contributed by atoms with Gasteiger partial charge in [-0.25, -0.2) is 4.79 Å². The lowest BCUT2D eigenvalue weighted by atomic mass is 10.2. The first kappa shape index (κ1) is 20.8. The van der Waals surface area contributed by atoms with Crippen LogP contribution in [0.1, 0.15) is 26.3 Å². The second kappa shape index (κ2) is 8.21. The number of ether oxygens (including phenoxy) is 1. The van der Waals surface area contributed by atoms with E-state index in [4.69, 9.17) is 8.92 Å². The average molecular weight is 371 g/mol. The number of hydrogen-bond acceptors (Lipinski definition) is 8. The van der Waals surface area contributed by atoms with Gasteiger partial charge in [0.05, 0.1) is 4.90 Å². The van der Waals surface area contributed by atoms with E-state index < -0.39 is 39.8 Å². The molecule has 0 atom stereocenters. The van der Waals surface area contributed by atoms with Crippen LogP contribution in [0.15, 0.2) is 34.3 Å². The summed E-state index contributed by atoms with van der Waals surface area (Å²) in [4.78, 5) is 28.4. The summed E-state index contributed by atoms with van der Waals surface area (Å²) in [5.74, 6) is -2.01. The fourth-order valence-electron chi connectivity index (χ4n) is 1.59. The smallest absolute Gasteiger partial charge is 0.364 e. The van der Waals surface area contributed by atoms with Crippen molar-refractivity contribution in [3.05, 3.63) is 29.8 Å². The molecule has 1 rings (SSSR count). The van der Waals surface area contributed by atoms with E-state index in [-0.39, 0.29) is 4.90 Å². The van der Waals surface area contributed by atoms with Crippen molar-refractivity contribution in [2.24, 2.45) is 5.16 Å². The van der Waals surface area contributed by atoms with Crippen LogP contribution in [0, 0.1) is 6.92 Å². The summed E-state index contributed by atoms with van der Waals surface area (Å²) >= 11 is 0. The highest BCUT2D eigenvalue weighted by Crippen LogP contribution is 2.13. The molecule has 0 saturated carbocycles. The van der Waals surface area contributed by atoms with Gasteiger partial charge >= 0.3 is 5.97 Å². The lowest BCUT2D eigenvalue weighted by Crippen LogP contribution is -2.35. The zero-order valence-electron chi connectivity index (χ0n) is 14.7. The first-order chi connectivity index (χ1) is 11.5. The van der Waals surface area contributed by atoms with Crippen LogP contribution in [0.2, 0.25) is 0 Å². The molecule has 0 aromatic heterocycles. The number of ketones is 1. The Morgan fingerprint density at radius 3 is 2.16 bits per heavy atom. The summed E-state index contributed by atoms with van der Waals surface area (Å²) in [6, 6.07) is 5.90. The van der Waals surface area contributed by atoms with Gasteiger partial charge in [0.2, 0.25) is 11.5 Å². The lowest BCUT2D eigenvalue weighted by Gasteiger charge is -2.19. The predicted molar refractivity (Wildman–Crippen MR) is 89.6 cm³/mol. The molecule has 0 spiro atoms. The third-order valence-electron chi connectivity index (χ3n) is 2.69. The number of oxime groups is 1.